The van der Waals surface area contributed by atoms with E-state index in [1.54, 1.807) is 6.07 Å². The van der Waals surface area contributed by atoms with Crippen LogP contribution in [0.2, 0.25) is 0 Å². The molecule has 0 saturated carbocycles. The molecule has 0 fully saturated rings. The predicted octanol–water partition coefficient (Wildman–Crippen LogP) is 5.94. The summed E-state index contributed by atoms with van der Waals surface area (Å²) in [4.78, 5) is 13.4. The normalized spacial score (nSPS) is 14.0. The third-order valence-corrected chi connectivity index (χ3v) is 8.58. The third kappa shape index (κ3) is 5.80. The monoisotopic (exact) mass is 552 g/mol. The van der Waals surface area contributed by atoms with Gasteiger partial charge >= 0.3 is 0 Å². The largest absolute Gasteiger partial charge is 0.492 e. The summed E-state index contributed by atoms with van der Waals surface area (Å²) in [7, 11) is -4.21. The summed E-state index contributed by atoms with van der Waals surface area (Å²) in [6.45, 7) is 2.60. The van der Waals surface area contributed by atoms with Gasteiger partial charge in [-0.1, -0.05) is 104 Å². The number of fused-ring (bicyclic) bond motifs is 1. The van der Waals surface area contributed by atoms with Gasteiger partial charge in [0.15, 0.2) is 4.91 Å². The Morgan fingerprint density at radius 3 is 2.15 bits per heavy atom. The van der Waals surface area contributed by atoms with Crippen LogP contribution in [0.5, 0.6) is 5.75 Å². The number of hydrogen-bond donors (Lipinski definition) is 1. The molecule has 4 aromatic carbocycles. The summed E-state index contributed by atoms with van der Waals surface area (Å²) < 4.78 is 35.6. The van der Waals surface area contributed by atoms with Gasteiger partial charge in [-0.25, -0.2) is 8.42 Å². The summed E-state index contributed by atoms with van der Waals surface area (Å²) in [5, 5.41) is 2.80. The topological polar surface area (TPSA) is 75.7 Å². The fraction of sp³-hybridized carbons (Fsp3) is 0.182. The van der Waals surface area contributed by atoms with Gasteiger partial charge in [-0.15, -0.1) is 0 Å². The van der Waals surface area contributed by atoms with E-state index >= 15 is 0 Å². The zero-order valence-electron chi connectivity index (χ0n) is 22.4. The molecule has 5 rings (SSSR count). The number of ether oxygens (including phenoxy) is 1. The van der Waals surface area contributed by atoms with Crippen LogP contribution >= 0.6 is 0 Å². The Morgan fingerprint density at radius 1 is 0.800 bits per heavy atom. The molecular formula is C33H32N2O4S. The van der Waals surface area contributed by atoms with Gasteiger partial charge < -0.3 is 10.1 Å². The lowest BCUT2D eigenvalue weighted by Gasteiger charge is -2.33. The molecule has 1 N–H and O–H groups in total. The number of aryl methyl sites for hydroxylation is 1. The van der Waals surface area contributed by atoms with Crippen LogP contribution in [-0.2, 0) is 27.8 Å². The van der Waals surface area contributed by atoms with E-state index in [2.05, 4.69) is 12.2 Å². The maximum atomic E-state index is 14.2. The van der Waals surface area contributed by atoms with Crippen molar-refractivity contribution in [2.45, 2.75) is 26.3 Å². The van der Waals surface area contributed by atoms with E-state index in [4.69, 9.17) is 4.74 Å². The van der Waals surface area contributed by atoms with E-state index in [-0.39, 0.29) is 24.6 Å². The highest BCUT2D eigenvalue weighted by molar-refractivity contribution is 7.97. The molecule has 0 radical (unpaired) electrons. The lowest BCUT2D eigenvalue weighted by atomic mass is 9.95. The van der Waals surface area contributed by atoms with Gasteiger partial charge in [0.2, 0.25) is 0 Å². The Labute approximate surface area is 236 Å². The zero-order chi connectivity index (χ0) is 28.0. The molecule has 6 nitrogen and oxygen atoms in total. The second kappa shape index (κ2) is 12.2. The van der Waals surface area contributed by atoms with Crippen molar-refractivity contribution in [2.75, 3.05) is 17.5 Å². The zero-order valence-corrected chi connectivity index (χ0v) is 23.2. The molecule has 1 amide bonds. The molecule has 7 heteroatoms. The van der Waals surface area contributed by atoms with Gasteiger partial charge in [-0.2, -0.15) is 0 Å². The first-order valence-corrected chi connectivity index (χ1v) is 14.9. The predicted molar refractivity (Wildman–Crippen MR) is 159 cm³/mol. The second-order valence-corrected chi connectivity index (χ2v) is 11.4. The van der Waals surface area contributed by atoms with Gasteiger partial charge in [-0.05, 0) is 41.3 Å². The van der Waals surface area contributed by atoms with Crippen molar-refractivity contribution >= 4 is 27.2 Å². The lowest BCUT2D eigenvalue weighted by Crippen LogP contribution is -2.42. The fourth-order valence-electron chi connectivity index (χ4n) is 4.89. The molecule has 0 saturated heterocycles. The molecule has 0 aromatic heterocycles. The maximum Gasteiger partial charge on any atom is 0.270 e. The van der Waals surface area contributed by atoms with Crippen molar-refractivity contribution in [3.63, 3.8) is 0 Å². The molecular weight excluding hydrogens is 520 g/mol. The fourth-order valence-corrected chi connectivity index (χ4v) is 6.64. The Morgan fingerprint density at radius 2 is 1.45 bits per heavy atom. The third-order valence-electron chi connectivity index (χ3n) is 6.77. The first-order valence-electron chi connectivity index (χ1n) is 13.4. The number of benzene rings is 4. The van der Waals surface area contributed by atoms with E-state index < -0.39 is 15.9 Å². The number of rotatable bonds is 10. The van der Waals surface area contributed by atoms with Gasteiger partial charge in [0.1, 0.15) is 12.4 Å². The standard InChI is InChI=1S/C33H32N2O4S/c1-2-11-25-18-20-28(21-19-25)39-23-22-34-33(36)32-31(27-14-7-4-8-15-27)29-16-9-10-17-30(29)35(40(32,37)38)24-26-12-5-3-6-13-26/h3-10,12-21H,2,11,22-24H2,1H3,(H,34,36). The number of nitrogens with zero attached hydrogens (tertiary/aromatic N) is 1. The molecule has 1 aliphatic rings. The van der Waals surface area contributed by atoms with E-state index in [0.717, 1.165) is 18.4 Å². The van der Waals surface area contributed by atoms with Crippen molar-refractivity contribution in [2.24, 2.45) is 0 Å². The Balaban J connectivity index is 1.46. The Bertz CT molecular complexity index is 1600. The van der Waals surface area contributed by atoms with Gasteiger partial charge in [0, 0.05) is 11.1 Å². The molecule has 1 heterocycles. The van der Waals surface area contributed by atoms with E-state index in [9.17, 15) is 13.2 Å². The highest BCUT2D eigenvalue weighted by Gasteiger charge is 2.41. The van der Waals surface area contributed by atoms with Crippen LogP contribution in [-0.4, -0.2) is 27.5 Å². The maximum absolute atomic E-state index is 14.2. The van der Waals surface area contributed by atoms with Crippen LogP contribution in [0.1, 0.15) is 35.6 Å². The van der Waals surface area contributed by atoms with Crippen LogP contribution in [0.25, 0.3) is 5.57 Å². The minimum atomic E-state index is -4.21. The van der Waals surface area contributed by atoms with Crippen molar-refractivity contribution in [1.82, 2.24) is 5.32 Å². The van der Waals surface area contributed by atoms with Gasteiger partial charge in [-0.3, -0.25) is 9.10 Å². The Kier molecular flexibility index (Phi) is 8.31. The van der Waals surface area contributed by atoms with Crippen molar-refractivity contribution in [1.29, 1.82) is 0 Å². The number of sulfonamides is 1. The molecule has 1 aliphatic heterocycles. The highest BCUT2D eigenvalue weighted by atomic mass is 32.2. The van der Waals surface area contributed by atoms with Crippen molar-refractivity contribution in [3.05, 3.63) is 136 Å². The number of para-hydroxylation sites is 1. The van der Waals surface area contributed by atoms with Crippen LogP contribution in [0.3, 0.4) is 0 Å². The van der Waals surface area contributed by atoms with E-state index in [0.29, 0.717) is 28.1 Å². The first-order chi connectivity index (χ1) is 19.5. The van der Waals surface area contributed by atoms with E-state index in [1.165, 1.54) is 9.87 Å². The van der Waals surface area contributed by atoms with Crippen LogP contribution < -0.4 is 14.4 Å². The van der Waals surface area contributed by atoms with Crippen LogP contribution in [0.15, 0.2) is 114 Å². The molecule has 204 valence electrons. The first kappa shape index (κ1) is 27.2. The number of anilines is 1. The highest BCUT2D eigenvalue weighted by Crippen LogP contribution is 2.43. The minimum absolute atomic E-state index is 0.107. The number of amides is 1. The molecule has 0 bridgehead atoms. The van der Waals surface area contributed by atoms with Crippen LogP contribution in [0, 0.1) is 0 Å². The number of carbonyl (C=O) groups is 1. The minimum Gasteiger partial charge on any atom is -0.492 e. The SMILES string of the molecule is CCCc1ccc(OCCNC(=O)C2=C(c3ccccc3)c3ccccc3N(Cc3ccccc3)S2(=O)=O)cc1. The molecule has 0 atom stereocenters. The number of carbonyl (C=O) groups excluding carboxylic acids is 1. The van der Waals surface area contributed by atoms with Gasteiger partial charge in [0.05, 0.1) is 18.8 Å². The summed E-state index contributed by atoms with van der Waals surface area (Å²) in [6, 6.07) is 33.8. The summed E-state index contributed by atoms with van der Waals surface area (Å²) in [6.07, 6.45) is 2.08. The smallest absolute Gasteiger partial charge is 0.270 e. The summed E-state index contributed by atoms with van der Waals surface area (Å²) >= 11 is 0. The van der Waals surface area contributed by atoms with Crippen molar-refractivity contribution in [3.8, 4) is 5.75 Å². The molecule has 4 aromatic rings. The summed E-state index contributed by atoms with van der Waals surface area (Å²) in [5.41, 5.74) is 4.34. The molecule has 0 spiro atoms. The number of nitrogens with one attached hydrogen (secondary N) is 1. The average molecular weight is 553 g/mol. The van der Waals surface area contributed by atoms with E-state index in [1.807, 2.05) is 103 Å². The molecule has 0 aliphatic carbocycles. The van der Waals surface area contributed by atoms with Gasteiger partial charge in [0.25, 0.3) is 15.9 Å². The quantitative estimate of drug-likeness (QED) is 0.247. The molecule has 40 heavy (non-hydrogen) atoms. The summed E-state index contributed by atoms with van der Waals surface area (Å²) in [5.74, 6) is 0.0415. The molecule has 0 unspecified atom stereocenters. The Hall–Kier alpha value is -4.36. The number of hydrogen-bond acceptors (Lipinski definition) is 4. The lowest BCUT2D eigenvalue weighted by molar-refractivity contribution is -0.116. The van der Waals surface area contributed by atoms with Crippen molar-refractivity contribution < 1.29 is 17.9 Å². The second-order valence-electron chi connectivity index (χ2n) is 9.58. The average Bonchev–Trinajstić information content (AvgIpc) is 2.98. The van der Waals surface area contributed by atoms with Crippen LogP contribution in [0.4, 0.5) is 5.69 Å².